The third-order valence-electron chi connectivity index (χ3n) is 4.56. The molecule has 160 valence electrons. The van der Waals surface area contributed by atoms with Gasteiger partial charge in [0.05, 0.1) is 11.1 Å². The van der Waals surface area contributed by atoms with E-state index in [0.29, 0.717) is 24.7 Å². The first-order valence-corrected chi connectivity index (χ1v) is 10.9. The fraction of sp³-hybridized carbons (Fsp3) is 0.429. The van der Waals surface area contributed by atoms with Crippen molar-refractivity contribution < 1.29 is 18.5 Å². The van der Waals surface area contributed by atoms with Gasteiger partial charge in [-0.05, 0) is 42.3 Å². The minimum absolute atomic E-state index is 0.0426. The number of furan rings is 1. The van der Waals surface area contributed by atoms with E-state index in [-0.39, 0.29) is 17.6 Å². The standard InChI is InChI=1S/C21H26N4O4S/c1-14(2)18(24-20(26)15-8-6-12-28-15)21(27)22-11-5-3-4-10-17-23-19(25-29-17)16-9-7-13-30-16/h6-9,12-14,18H,3-5,10-11H2,1-2H3,(H,22,27)(H,24,26). The summed E-state index contributed by atoms with van der Waals surface area (Å²) in [6, 6.07) is 6.50. The minimum Gasteiger partial charge on any atom is -0.459 e. The maximum absolute atomic E-state index is 12.5. The van der Waals surface area contributed by atoms with E-state index in [0.717, 1.165) is 24.1 Å². The Bertz CT molecular complexity index is 919. The molecule has 0 fully saturated rings. The van der Waals surface area contributed by atoms with Gasteiger partial charge in [-0.1, -0.05) is 31.5 Å². The molecule has 3 rings (SSSR count). The van der Waals surface area contributed by atoms with E-state index in [1.807, 2.05) is 31.4 Å². The molecule has 30 heavy (non-hydrogen) atoms. The molecule has 0 spiro atoms. The second-order valence-electron chi connectivity index (χ2n) is 7.26. The Hall–Kier alpha value is -2.94. The quantitative estimate of drug-likeness (QED) is 0.449. The smallest absolute Gasteiger partial charge is 0.287 e. The highest BCUT2D eigenvalue weighted by atomic mass is 32.1. The monoisotopic (exact) mass is 430 g/mol. The number of aryl methyl sites for hydroxylation is 1. The van der Waals surface area contributed by atoms with Crippen LogP contribution in [0.2, 0.25) is 0 Å². The highest BCUT2D eigenvalue weighted by molar-refractivity contribution is 7.13. The zero-order chi connectivity index (χ0) is 21.3. The summed E-state index contributed by atoms with van der Waals surface area (Å²) in [6.45, 7) is 4.33. The van der Waals surface area contributed by atoms with Crippen LogP contribution in [0.15, 0.2) is 44.8 Å². The van der Waals surface area contributed by atoms with E-state index in [2.05, 4.69) is 20.8 Å². The van der Waals surface area contributed by atoms with Crippen LogP contribution in [0.4, 0.5) is 0 Å². The average Bonchev–Trinajstić information content (AvgIpc) is 3.49. The number of nitrogens with one attached hydrogen (secondary N) is 2. The minimum atomic E-state index is -0.614. The summed E-state index contributed by atoms with van der Waals surface area (Å²) in [4.78, 5) is 30.0. The lowest BCUT2D eigenvalue weighted by molar-refractivity contribution is -0.123. The van der Waals surface area contributed by atoms with Gasteiger partial charge in [0.1, 0.15) is 6.04 Å². The molecule has 0 aliphatic rings. The van der Waals surface area contributed by atoms with Crippen LogP contribution in [0, 0.1) is 5.92 Å². The number of unbranched alkanes of at least 4 members (excludes halogenated alkanes) is 2. The predicted molar refractivity (Wildman–Crippen MR) is 113 cm³/mol. The van der Waals surface area contributed by atoms with Crippen molar-refractivity contribution in [3.63, 3.8) is 0 Å². The second-order valence-corrected chi connectivity index (χ2v) is 8.21. The molecule has 2 amide bonds. The van der Waals surface area contributed by atoms with Crippen molar-refractivity contribution >= 4 is 23.2 Å². The van der Waals surface area contributed by atoms with E-state index >= 15 is 0 Å². The maximum atomic E-state index is 12.5. The molecule has 1 atom stereocenters. The largest absolute Gasteiger partial charge is 0.459 e. The highest BCUT2D eigenvalue weighted by Crippen LogP contribution is 2.21. The molecule has 8 nitrogen and oxygen atoms in total. The predicted octanol–water partition coefficient (Wildman–Crippen LogP) is 3.67. The molecule has 0 saturated heterocycles. The zero-order valence-corrected chi connectivity index (χ0v) is 17.9. The van der Waals surface area contributed by atoms with E-state index in [1.165, 1.54) is 6.26 Å². The number of nitrogens with zero attached hydrogens (tertiary/aromatic N) is 2. The molecule has 0 saturated carbocycles. The molecule has 1 unspecified atom stereocenters. The molecule has 9 heteroatoms. The van der Waals surface area contributed by atoms with E-state index < -0.39 is 11.9 Å². The first kappa shape index (κ1) is 21.8. The maximum Gasteiger partial charge on any atom is 0.287 e. The van der Waals surface area contributed by atoms with Gasteiger partial charge in [-0.25, -0.2) is 0 Å². The highest BCUT2D eigenvalue weighted by Gasteiger charge is 2.25. The molecule has 2 N–H and O–H groups in total. The summed E-state index contributed by atoms with van der Waals surface area (Å²) in [6.07, 6.45) is 4.78. The van der Waals surface area contributed by atoms with Crippen LogP contribution in [-0.4, -0.2) is 34.5 Å². The number of hydrogen-bond acceptors (Lipinski definition) is 7. The van der Waals surface area contributed by atoms with E-state index in [4.69, 9.17) is 8.94 Å². The Morgan fingerprint density at radius 2 is 2.03 bits per heavy atom. The van der Waals surface area contributed by atoms with Crippen molar-refractivity contribution in [3.05, 3.63) is 47.6 Å². The molecule has 3 aromatic heterocycles. The van der Waals surface area contributed by atoms with Crippen LogP contribution in [-0.2, 0) is 11.2 Å². The first-order chi connectivity index (χ1) is 14.5. The molecule has 0 radical (unpaired) electrons. The van der Waals surface area contributed by atoms with Crippen molar-refractivity contribution in [2.75, 3.05) is 6.54 Å². The van der Waals surface area contributed by atoms with Crippen molar-refractivity contribution in [1.29, 1.82) is 0 Å². The van der Waals surface area contributed by atoms with Crippen molar-refractivity contribution in [2.45, 2.75) is 45.6 Å². The summed E-state index contributed by atoms with van der Waals surface area (Å²) in [5.41, 5.74) is 0. The number of amides is 2. The Labute approximate surface area is 179 Å². The number of carbonyl (C=O) groups is 2. The van der Waals surface area contributed by atoms with Crippen molar-refractivity contribution in [3.8, 4) is 10.7 Å². The number of carbonyl (C=O) groups excluding carboxylic acids is 2. The van der Waals surface area contributed by atoms with Gasteiger partial charge in [0.15, 0.2) is 5.76 Å². The number of aromatic nitrogens is 2. The SMILES string of the molecule is CC(C)C(NC(=O)c1ccco1)C(=O)NCCCCCc1nc(-c2cccs2)no1. The van der Waals surface area contributed by atoms with Crippen LogP contribution in [0.3, 0.4) is 0 Å². The Kier molecular flexibility index (Phi) is 7.78. The van der Waals surface area contributed by atoms with Crippen LogP contribution in [0.5, 0.6) is 0 Å². The Morgan fingerprint density at radius 1 is 1.17 bits per heavy atom. The number of hydrogen-bond donors (Lipinski definition) is 2. The number of rotatable bonds is 11. The molecule has 0 aliphatic carbocycles. The molecule has 0 aromatic carbocycles. The zero-order valence-electron chi connectivity index (χ0n) is 17.1. The van der Waals surface area contributed by atoms with Gasteiger partial charge in [-0.2, -0.15) is 4.98 Å². The van der Waals surface area contributed by atoms with Crippen LogP contribution < -0.4 is 10.6 Å². The normalized spacial score (nSPS) is 12.1. The van der Waals surface area contributed by atoms with E-state index in [1.54, 1.807) is 23.5 Å². The molecule has 0 bridgehead atoms. The Balaban J connectivity index is 1.34. The van der Waals surface area contributed by atoms with Crippen LogP contribution in [0.25, 0.3) is 10.7 Å². The summed E-state index contributed by atoms with van der Waals surface area (Å²) >= 11 is 1.58. The van der Waals surface area contributed by atoms with Crippen LogP contribution >= 0.6 is 11.3 Å². The number of thiophene rings is 1. The average molecular weight is 431 g/mol. The topological polar surface area (TPSA) is 110 Å². The lowest BCUT2D eigenvalue weighted by Gasteiger charge is -2.21. The van der Waals surface area contributed by atoms with Gasteiger partial charge in [-0.15, -0.1) is 11.3 Å². The molecule has 0 aliphatic heterocycles. The molecular formula is C21H26N4O4S. The van der Waals surface area contributed by atoms with E-state index in [9.17, 15) is 9.59 Å². The van der Waals surface area contributed by atoms with Gasteiger partial charge in [0.25, 0.3) is 5.91 Å². The molecular weight excluding hydrogens is 404 g/mol. The molecule has 3 aromatic rings. The van der Waals surface area contributed by atoms with Gasteiger partial charge >= 0.3 is 0 Å². The molecule has 3 heterocycles. The summed E-state index contributed by atoms with van der Waals surface area (Å²) in [7, 11) is 0. The lowest BCUT2D eigenvalue weighted by Crippen LogP contribution is -2.49. The Morgan fingerprint density at radius 3 is 2.73 bits per heavy atom. The first-order valence-electron chi connectivity index (χ1n) is 10.0. The summed E-state index contributed by atoms with van der Waals surface area (Å²) in [5, 5.41) is 11.6. The fourth-order valence-electron chi connectivity index (χ4n) is 2.92. The lowest BCUT2D eigenvalue weighted by atomic mass is 10.0. The summed E-state index contributed by atoms with van der Waals surface area (Å²) in [5.74, 6) is 0.819. The van der Waals surface area contributed by atoms with Gasteiger partial charge in [0, 0.05) is 13.0 Å². The third-order valence-corrected chi connectivity index (χ3v) is 5.42. The van der Waals surface area contributed by atoms with Crippen LogP contribution in [0.1, 0.15) is 49.6 Å². The van der Waals surface area contributed by atoms with Gasteiger partial charge in [-0.3, -0.25) is 9.59 Å². The van der Waals surface area contributed by atoms with Crippen molar-refractivity contribution in [1.82, 2.24) is 20.8 Å². The third kappa shape index (κ3) is 6.03. The fourth-order valence-corrected chi connectivity index (χ4v) is 3.57. The second kappa shape index (κ2) is 10.7. The van der Waals surface area contributed by atoms with Gasteiger partial charge in [0.2, 0.25) is 17.6 Å². The summed E-state index contributed by atoms with van der Waals surface area (Å²) < 4.78 is 10.4. The van der Waals surface area contributed by atoms with Gasteiger partial charge < -0.3 is 19.6 Å². The van der Waals surface area contributed by atoms with Crippen molar-refractivity contribution in [2.24, 2.45) is 5.92 Å².